The largest absolute Gasteiger partial charge is 0.493 e. The van der Waals surface area contributed by atoms with Gasteiger partial charge in [0.05, 0.1) is 53.9 Å². The Morgan fingerprint density at radius 2 is 0.526 bits per heavy atom. The predicted molar refractivity (Wildman–Crippen MR) is 337 cm³/mol. The van der Waals surface area contributed by atoms with Gasteiger partial charge in [-0.3, -0.25) is 0 Å². The number of thioether (sulfide) groups is 8. The Labute approximate surface area is 476 Å². The molecule has 12 heteroatoms. The standard InChI is InChI=1S/C64H48O4S8/c1-65-49-25-45-46(26-50(49)66-2)54-34-14-10-9-13-33(34)53(45)37-17-29-21-41-42(22-30(29)18-38(37)54)58(60-75-63(71-7)64(72-8)76-60)44-24-32-20-40-39(19-31(32)23-43(44)57(41)59-73-61(69-5)62(70-6)74-59)55-35-15-11-12-16-36(35)56(40)48-28-52(68-4)51(67-3)27-47(48)55/h9-28,53-56H,1-8H3. The zero-order valence-electron chi connectivity index (χ0n) is 42.8. The van der Waals surface area contributed by atoms with Crippen LogP contribution in [0, 0.1) is 0 Å². The van der Waals surface area contributed by atoms with Gasteiger partial charge < -0.3 is 18.9 Å². The molecule has 0 aromatic heterocycles. The molecule has 4 nitrogen and oxygen atoms in total. The molecule has 0 saturated heterocycles. The van der Waals surface area contributed by atoms with E-state index in [1.807, 2.05) is 94.1 Å². The van der Waals surface area contributed by atoms with Gasteiger partial charge in [0.25, 0.3) is 0 Å². The molecule has 0 N–H and O–H groups in total. The number of hydrogen-bond acceptors (Lipinski definition) is 12. The van der Waals surface area contributed by atoms with Crippen molar-refractivity contribution in [1.29, 1.82) is 0 Å². The minimum absolute atomic E-state index is 0.0722. The lowest BCUT2D eigenvalue weighted by molar-refractivity contribution is 0.353. The first kappa shape index (κ1) is 48.4. The molecule has 0 amide bonds. The summed E-state index contributed by atoms with van der Waals surface area (Å²) in [6.07, 6.45) is 8.91. The summed E-state index contributed by atoms with van der Waals surface area (Å²) in [7, 11) is 6.98. The fraction of sp³-hybridized carbons (Fsp3) is 0.188. The third-order valence-corrected chi connectivity index (χ3v) is 27.0. The van der Waals surface area contributed by atoms with Crippen LogP contribution in [0.15, 0.2) is 138 Å². The highest BCUT2D eigenvalue weighted by Gasteiger charge is 2.44. The summed E-state index contributed by atoms with van der Waals surface area (Å²) in [5, 5.41) is 12.9. The molecular formula is C64H48O4S8. The lowest BCUT2D eigenvalue weighted by Crippen LogP contribution is -2.27. The van der Waals surface area contributed by atoms with Crippen LogP contribution < -0.4 is 29.4 Å². The number of ether oxygens (including phenoxy) is 4. The van der Waals surface area contributed by atoms with Gasteiger partial charge in [0.2, 0.25) is 0 Å². The summed E-state index contributed by atoms with van der Waals surface area (Å²) >= 11 is 15.3. The maximum Gasteiger partial charge on any atom is 0.161 e. The Hall–Kier alpha value is -4.76. The van der Waals surface area contributed by atoms with E-state index >= 15 is 0 Å². The van der Waals surface area contributed by atoms with Gasteiger partial charge in [-0.15, -0.1) is 47.0 Å². The second-order valence-electron chi connectivity index (χ2n) is 19.8. The minimum atomic E-state index is 0.0722. The fourth-order valence-corrected chi connectivity index (χ4v) is 23.7. The van der Waals surface area contributed by atoms with Crippen LogP contribution in [0.1, 0.15) is 90.4 Å². The van der Waals surface area contributed by atoms with Crippen LogP contribution >= 0.6 is 94.1 Å². The molecule has 4 bridgehead atoms. The highest BCUT2D eigenvalue weighted by Crippen LogP contribution is 2.62. The van der Waals surface area contributed by atoms with E-state index in [1.165, 1.54) is 146 Å². The van der Waals surface area contributed by atoms with Crippen LogP contribution in [-0.4, -0.2) is 53.5 Å². The van der Waals surface area contributed by atoms with Gasteiger partial charge in [0, 0.05) is 34.1 Å². The Morgan fingerprint density at radius 1 is 0.303 bits per heavy atom. The smallest absolute Gasteiger partial charge is 0.161 e. The van der Waals surface area contributed by atoms with Crippen molar-refractivity contribution in [2.24, 2.45) is 0 Å². The monoisotopic (exact) mass is 1140 g/mol. The summed E-state index contributed by atoms with van der Waals surface area (Å²) in [5.74, 6) is 3.38. The van der Waals surface area contributed by atoms with Crippen LogP contribution in [0.25, 0.3) is 51.6 Å². The Balaban J connectivity index is 1.05. The topological polar surface area (TPSA) is 36.9 Å². The van der Waals surface area contributed by atoms with E-state index in [4.69, 9.17) is 18.9 Å². The lowest BCUT2D eigenvalue weighted by Gasteiger charge is -2.42. The van der Waals surface area contributed by atoms with Crippen LogP contribution in [-0.2, 0) is 0 Å². The molecular weight excluding hydrogens is 1090 g/mol. The first-order valence-corrected chi connectivity index (χ1v) is 33.2. The van der Waals surface area contributed by atoms with E-state index in [2.05, 4.69) is 146 Å². The maximum atomic E-state index is 5.97. The molecule has 0 radical (unpaired) electrons. The molecule has 0 spiro atoms. The molecule has 9 aromatic carbocycles. The molecule has 8 aliphatic rings. The van der Waals surface area contributed by atoms with Gasteiger partial charge in [-0.1, -0.05) is 95.6 Å². The quantitative estimate of drug-likeness (QED) is 0.136. The summed E-state index contributed by atoms with van der Waals surface area (Å²) in [5.41, 5.74) is 16.3. The third kappa shape index (κ3) is 6.83. The molecule has 76 heavy (non-hydrogen) atoms. The molecule has 4 unspecified atom stereocenters. The Bertz CT molecular complexity index is 3800. The van der Waals surface area contributed by atoms with Crippen LogP contribution in [0.3, 0.4) is 0 Å². The molecule has 0 fully saturated rings. The van der Waals surface area contributed by atoms with Crippen molar-refractivity contribution in [2.75, 3.05) is 53.5 Å². The van der Waals surface area contributed by atoms with Crippen molar-refractivity contribution in [2.45, 2.75) is 23.7 Å². The zero-order chi connectivity index (χ0) is 51.4. The highest BCUT2D eigenvalue weighted by atomic mass is 32.3. The number of rotatable bonds is 8. The van der Waals surface area contributed by atoms with Crippen molar-refractivity contribution >= 4 is 146 Å². The van der Waals surface area contributed by atoms with Crippen LogP contribution in [0.2, 0.25) is 0 Å². The average molecular weight is 1140 g/mol. The lowest BCUT2D eigenvalue weighted by atomic mass is 9.60. The average Bonchev–Trinajstić information content (AvgIpc) is 4.09. The molecule has 376 valence electrons. The number of benzene rings is 9. The highest BCUT2D eigenvalue weighted by molar-refractivity contribution is 8.46. The number of hydrogen-bond donors (Lipinski definition) is 0. The molecule has 0 saturated carbocycles. The van der Waals surface area contributed by atoms with Gasteiger partial charge in [-0.2, -0.15) is 0 Å². The minimum Gasteiger partial charge on any atom is -0.493 e. The zero-order valence-corrected chi connectivity index (χ0v) is 49.3. The fourth-order valence-electron chi connectivity index (χ4n) is 13.5. The molecule has 4 atom stereocenters. The Morgan fingerprint density at radius 3 is 0.737 bits per heavy atom. The predicted octanol–water partition coefficient (Wildman–Crippen LogP) is 17.1. The molecule has 2 aliphatic heterocycles. The van der Waals surface area contributed by atoms with Crippen molar-refractivity contribution in [3.8, 4) is 23.0 Å². The van der Waals surface area contributed by atoms with Crippen molar-refractivity contribution in [1.82, 2.24) is 0 Å². The van der Waals surface area contributed by atoms with Gasteiger partial charge in [-0.05, 0) is 208 Å². The summed E-state index contributed by atoms with van der Waals surface area (Å²) in [6, 6.07) is 47.5. The Kier molecular flexibility index (Phi) is 11.7. The second-order valence-corrected chi connectivity index (χ2v) is 28.7. The number of fused-ring (bicyclic) bond motifs is 4. The van der Waals surface area contributed by atoms with E-state index in [0.29, 0.717) is 0 Å². The normalized spacial score (nSPS) is 19.4. The SMILES string of the molecule is COc1cc2c(cc1OC)C1c3ccccc3C2c2cc3cc4c(=C5SC(SC)=C(SC)S5)c5cc6cc7c(cc6cc5c(=C5SC(SC)=C(SC)S5)c4cc3cc21)C1c2ccccc2C7c2cc(OC)c(OC)cc21. The van der Waals surface area contributed by atoms with Crippen LogP contribution in [0.5, 0.6) is 23.0 Å². The van der Waals surface area contributed by atoms with Crippen molar-refractivity contribution in [3.63, 3.8) is 0 Å². The molecule has 9 aromatic rings. The van der Waals surface area contributed by atoms with Crippen molar-refractivity contribution in [3.05, 3.63) is 215 Å². The first-order chi connectivity index (χ1) is 37.3. The maximum absolute atomic E-state index is 5.97. The molecule has 6 aliphatic carbocycles. The summed E-state index contributed by atoms with van der Waals surface area (Å²) in [6.45, 7) is 0. The van der Waals surface area contributed by atoms with E-state index in [-0.39, 0.29) is 23.7 Å². The first-order valence-electron chi connectivity index (χ1n) is 25.1. The number of methoxy groups -OCH3 is 4. The summed E-state index contributed by atoms with van der Waals surface area (Å²) < 4.78 is 32.1. The molecule has 17 rings (SSSR count). The van der Waals surface area contributed by atoms with Gasteiger partial charge in [-0.25, -0.2) is 0 Å². The van der Waals surface area contributed by atoms with Crippen molar-refractivity contribution < 1.29 is 18.9 Å². The molecule has 2 heterocycles. The van der Waals surface area contributed by atoms with Gasteiger partial charge in [0.1, 0.15) is 0 Å². The second kappa shape index (κ2) is 18.4. The third-order valence-electron chi connectivity index (χ3n) is 16.6. The van der Waals surface area contributed by atoms with Gasteiger partial charge in [0.15, 0.2) is 23.0 Å². The van der Waals surface area contributed by atoms with Crippen LogP contribution in [0.4, 0.5) is 0 Å². The van der Waals surface area contributed by atoms with E-state index in [0.717, 1.165) is 23.0 Å². The van der Waals surface area contributed by atoms with E-state index < -0.39 is 0 Å². The van der Waals surface area contributed by atoms with E-state index in [9.17, 15) is 0 Å². The van der Waals surface area contributed by atoms with E-state index in [1.54, 1.807) is 28.4 Å². The summed E-state index contributed by atoms with van der Waals surface area (Å²) in [4.78, 5) is 0. The van der Waals surface area contributed by atoms with Gasteiger partial charge >= 0.3 is 0 Å².